The first-order valence-electron chi connectivity index (χ1n) is 10.7. The van der Waals surface area contributed by atoms with Crippen LogP contribution in [-0.2, 0) is 4.79 Å². The summed E-state index contributed by atoms with van der Waals surface area (Å²) in [6, 6.07) is 8.89. The molecule has 0 aliphatic carbocycles. The average Bonchev–Trinajstić information content (AvgIpc) is 2.80. The fourth-order valence-corrected chi connectivity index (χ4v) is 3.75. The van der Waals surface area contributed by atoms with E-state index in [2.05, 4.69) is 4.98 Å². The first kappa shape index (κ1) is 23.5. The van der Waals surface area contributed by atoms with Gasteiger partial charge in [-0.1, -0.05) is 25.1 Å². The molecule has 0 unspecified atom stereocenters. The molecule has 2 heterocycles. The summed E-state index contributed by atoms with van der Waals surface area (Å²) in [6.45, 7) is 5.87. The van der Waals surface area contributed by atoms with Crippen LogP contribution in [0.5, 0.6) is 11.6 Å². The van der Waals surface area contributed by atoms with E-state index < -0.39 is 0 Å². The molecule has 0 saturated carbocycles. The topological polar surface area (TPSA) is 92.2 Å². The maximum Gasteiger partial charge on any atom is 0.259 e. The van der Waals surface area contributed by atoms with Gasteiger partial charge in [0.25, 0.3) is 5.91 Å². The van der Waals surface area contributed by atoms with Crippen molar-refractivity contribution in [3.8, 4) is 22.8 Å². The number of rotatable bonds is 6. The molecule has 1 N–H and O–H groups in total. The molecule has 1 aromatic carbocycles. The second-order valence-electron chi connectivity index (χ2n) is 8.30. The van der Waals surface area contributed by atoms with Gasteiger partial charge in [0.15, 0.2) is 0 Å². The molecule has 0 fully saturated rings. The average molecular weight is 442 g/mol. The molecule has 0 spiro atoms. The summed E-state index contributed by atoms with van der Waals surface area (Å²) in [5.74, 6) is 0.481. The maximum absolute atomic E-state index is 13.5. The minimum absolute atomic E-state index is 0.0702. The number of amides is 2. The van der Waals surface area contributed by atoms with Gasteiger partial charge < -0.3 is 24.4 Å². The highest BCUT2D eigenvalue weighted by Crippen LogP contribution is 2.34. The van der Waals surface area contributed by atoms with Gasteiger partial charge in [-0.2, -0.15) is 0 Å². The number of carbonyl (C=O) groups excluding carboxylic acids is 2. The third kappa shape index (κ3) is 4.85. The largest absolute Gasteiger partial charge is 0.496 e. The molecular formula is C24H31N3O5. The van der Waals surface area contributed by atoms with Crippen molar-refractivity contribution in [3.05, 3.63) is 42.1 Å². The van der Waals surface area contributed by atoms with Gasteiger partial charge in [0.1, 0.15) is 17.4 Å². The van der Waals surface area contributed by atoms with Crippen molar-refractivity contribution in [2.24, 2.45) is 5.92 Å². The molecule has 3 atom stereocenters. The number of likely N-dealkylation sites (N-methyl/N-ethyl adjacent to an activating group) is 1. The van der Waals surface area contributed by atoms with E-state index in [1.165, 1.54) is 6.92 Å². The monoisotopic (exact) mass is 441 g/mol. The van der Waals surface area contributed by atoms with Gasteiger partial charge in [-0.15, -0.1) is 0 Å². The predicted octanol–water partition coefficient (Wildman–Crippen LogP) is 2.46. The van der Waals surface area contributed by atoms with Gasteiger partial charge >= 0.3 is 0 Å². The number of aliphatic hydroxyl groups is 1. The number of aromatic nitrogens is 1. The summed E-state index contributed by atoms with van der Waals surface area (Å²) >= 11 is 0. The van der Waals surface area contributed by atoms with E-state index in [-0.39, 0.29) is 42.4 Å². The lowest BCUT2D eigenvalue weighted by Crippen LogP contribution is -2.50. The molecule has 2 aromatic rings. The van der Waals surface area contributed by atoms with E-state index in [1.807, 2.05) is 31.2 Å². The number of hydrogen-bond acceptors (Lipinski definition) is 6. The number of ether oxygens (including phenoxy) is 2. The Hall–Kier alpha value is -3.13. The third-order valence-electron chi connectivity index (χ3n) is 5.93. The Morgan fingerprint density at radius 3 is 2.75 bits per heavy atom. The van der Waals surface area contributed by atoms with Crippen LogP contribution in [0.2, 0.25) is 0 Å². The summed E-state index contributed by atoms with van der Waals surface area (Å²) in [4.78, 5) is 33.0. The van der Waals surface area contributed by atoms with Crippen LogP contribution in [0, 0.1) is 5.92 Å². The summed E-state index contributed by atoms with van der Waals surface area (Å²) in [5, 5.41) is 9.78. The lowest BCUT2D eigenvalue weighted by atomic mass is 9.99. The highest BCUT2D eigenvalue weighted by Gasteiger charge is 2.34. The third-order valence-corrected chi connectivity index (χ3v) is 5.93. The van der Waals surface area contributed by atoms with Crippen molar-refractivity contribution in [2.45, 2.75) is 32.9 Å². The van der Waals surface area contributed by atoms with Crippen molar-refractivity contribution < 1.29 is 24.2 Å². The van der Waals surface area contributed by atoms with E-state index >= 15 is 0 Å². The van der Waals surface area contributed by atoms with E-state index in [9.17, 15) is 14.7 Å². The molecular weight excluding hydrogens is 410 g/mol. The number of benzene rings is 1. The van der Waals surface area contributed by atoms with Gasteiger partial charge in [-0.25, -0.2) is 4.98 Å². The van der Waals surface area contributed by atoms with Crippen LogP contribution in [0.3, 0.4) is 0 Å². The Kier molecular flexibility index (Phi) is 7.35. The number of hydrogen-bond donors (Lipinski definition) is 1. The second kappa shape index (κ2) is 9.99. The zero-order chi connectivity index (χ0) is 23.4. The summed E-state index contributed by atoms with van der Waals surface area (Å²) in [7, 11) is 3.31. The molecule has 2 amide bonds. The summed E-state index contributed by atoms with van der Waals surface area (Å²) in [5.41, 5.74) is 1.85. The normalized spacial score (nSPS) is 19.3. The lowest BCUT2D eigenvalue weighted by molar-refractivity contribution is -0.129. The van der Waals surface area contributed by atoms with Crippen LogP contribution in [0.25, 0.3) is 11.1 Å². The van der Waals surface area contributed by atoms with E-state index in [0.717, 1.165) is 11.1 Å². The number of aliphatic hydroxyl groups excluding tert-OH is 1. The molecule has 172 valence electrons. The van der Waals surface area contributed by atoms with E-state index in [0.29, 0.717) is 24.4 Å². The fraction of sp³-hybridized carbons (Fsp3) is 0.458. The van der Waals surface area contributed by atoms with Crippen molar-refractivity contribution in [1.82, 2.24) is 14.8 Å². The Bertz CT molecular complexity index is 980. The SMILES string of the molecule is COc1ccccc1-c1cnc2c(c1)C(=O)N([C@@H](C)CO)C[C@@H](C)[C@H](CN(C)C(C)=O)O2. The van der Waals surface area contributed by atoms with E-state index in [4.69, 9.17) is 9.47 Å². The molecule has 1 aliphatic heterocycles. The van der Waals surface area contributed by atoms with Crippen LogP contribution in [0.15, 0.2) is 36.5 Å². The molecule has 0 saturated heterocycles. The number of methoxy groups -OCH3 is 1. The zero-order valence-corrected chi connectivity index (χ0v) is 19.2. The zero-order valence-electron chi connectivity index (χ0n) is 19.2. The molecule has 0 radical (unpaired) electrons. The second-order valence-corrected chi connectivity index (χ2v) is 8.30. The maximum atomic E-state index is 13.5. The fourth-order valence-electron chi connectivity index (χ4n) is 3.75. The molecule has 1 aliphatic rings. The Morgan fingerprint density at radius 2 is 2.09 bits per heavy atom. The number of fused-ring (bicyclic) bond motifs is 1. The summed E-state index contributed by atoms with van der Waals surface area (Å²) in [6.07, 6.45) is 1.29. The molecule has 1 aromatic heterocycles. The number of carbonyl (C=O) groups is 2. The van der Waals surface area contributed by atoms with Gasteiger partial charge in [-0.05, 0) is 19.1 Å². The molecule has 3 rings (SSSR count). The van der Waals surface area contributed by atoms with Crippen molar-refractivity contribution in [1.29, 1.82) is 0 Å². The first-order chi connectivity index (χ1) is 15.3. The first-order valence-corrected chi connectivity index (χ1v) is 10.7. The van der Waals surface area contributed by atoms with Crippen LogP contribution < -0.4 is 9.47 Å². The number of para-hydroxylation sites is 1. The van der Waals surface area contributed by atoms with Gasteiger partial charge in [0.05, 0.1) is 26.3 Å². The van der Waals surface area contributed by atoms with Crippen molar-refractivity contribution in [3.63, 3.8) is 0 Å². The Balaban J connectivity index is 2.09. The predicted molar refractivity (Wildman–Crippen MR) is 121 cm³/mol. The van der Waals surface area contributed by atoms with Gasteiger partial charge in [0.2, 0.25) is 11.8 Å². The molecule has 8 heteroatoms. The van der Waals surface area contributed by atoms with Crippen LogP contribution >= 0.6 is 0 Å². The molecule has 8 nitrogen and oxygen atoms in total. The van der Waals surface area contributed by atoms with Crippen LogP contribution in [0.4, 0.5) is 0 Å². The van der Waals surface area contributed by atoms with Crippen LogP contribution in [0.1, 0.15) is 31.1 Å². The minimum atomic E-state index is -0.378. The standard InChI is InChI=1S/C24H31N3O5/c1-15-12-27(16(2)14-28)24(30)20-10-18(19-8-6-7-9-21(19)31-5)11-25-23(20)32-22(15)13-26(4)17(3)29/h6-11,15-16,22,28H,12-14H2,1-5H3/t15-,16+,22+/m1/s1. The highest BCUT2D eigenvalue weighted by molar-refractivity contribution is 5.98. The highest BCUT2D eigenvalue weighted by atomic mass is 16.5. The van der Waals surface area contributed by atoms with Gasteiger partial charge in [-0.3, -0.25) is 9.59 Å². The number of nitrogens with zero attached hydrogens (tertiary/aromatic N) is 3. The quantitative estimate of drug-likeness (QED) is 0.740. The van der Waals surface area contributed by atoms with Gasteiger partial charge in [0, 0.05) is 43.8 Å². The number of pyridine rings is 1. The van der Waals surface area contributed by atoms with E-state index in [1.54, 1.807) is 43.1 Å². The smallest absolute Gasteiger partial charge is 0.259 e. The molecule has 32 heavy (non-hydrogen) atoms. The van der Waals surface area contributed by atoms with Crippen LogP contribution in [-0.4, -0.2) is 77.7 Å². The minimum Gasteiger partial charge on any atom is -0.496 e. The Labute approximate surface area is 188 Å². The Morgan fingerprint density at radius 1 is 1.38 bits per heavy atom. The van der Waals surface area contributed by atoms with Crippen molar-refractivity contribution >= 4 is 11.8 Å². The summed E-state index contributed by atoms with van der Waals surface area (Å²) < 4.78 is 11.7. The lowest BCUT2D eigenvalue weighted by Gasteiger charge is -2.37. The van der Waals surface area contributed by atoms with Crippen molar-refractivity contribution in [2.75, 3.05) is 33.9 Å². The molecule has 0 bridgehead atoms.